The van der Waals surface area contributed by atoms with E-state index in [1.165, 1.54) is 12.8 Å². The van der Waals surface area contributed by atoms with Crippen LogP contribution in [-0.4, -0.2) is 26.8 Å². The van der Waals surface area contributed by atoms with Crippen LogP contribution in [0.25, 0.3) is 0 Å². The van der Waals surface area contributed by atoms with Crippen LogP contribution >= 0.6 is 7.82 Å². The van der Waals surface area contributed by atoms with Gasteiger partial charge in [0, 0.05) is 12.1 Å². The first kappa shape index (κ1) is 13.0. The Morgan fingerprint density at radius 2 is 1.23 bits per heavy atom. The minimum atomic E-state index is -4.64. The van der Waals surface area contributed by atoms with Gasteiger partial charge in [0.1, 0.15) is 0 Å². The monoisotopic (exact) mass is 212 g/mol. The van der Waals surface area contributed by atoms with Crippen molar-refractivity contribution in [2.75, 3.05) is 0 Å². The summed E-state index contributed by atoms with van der Waals surface area (Å²) < 4.78 is 8.88. The Morgan fingerprint density at radius 1 is 1.00 bits per heavy atom. The lowest BCUT2D eigenvalue weighted by atomic mass is 9.92. The van der Waals surface area contributed by atoms with Gasteiger partial charge in [0.15, 0.2) is 0 Å². The molecule has 0 aromatic heterocycles. The van der Waals surface area contributed by atoms with E-state index in [2.05, 4.69) is 0 Å². The lowest BCUT2D eigenvalue weighted by Gasteiger charge is -2.24. The van der Waals surface area contributed by atoms with E-state index in [0.29, 0.717) is 0 Å². The highest BCUT2D eigenvalue weighted by Crippen LogP contribution is 2.25. The van der Waals surface area contributed by atoms with Crippen LogP contribution in [0.3, 0.4) is 0 Å². The van der Waals surface area contributed by atoms with Crippen molar-refractivity contribution in [2.45, 2.75) is 37.8 Å². The zero-order chi connectivity index (χ0) is 10.5. The van der Waals surface area contributed by atoms with Gasteiger partial charge in [-0.1, -0.05) is 12.8 Å². The van der Waals surface area contributed by atoms with Crippen molar-refractivity contribution in [2.24, 2.45) is 11.5 Å². The normalized spacial score (nSPS) is 29.0. The van der Waals surface area contributed by atoms with E-state index in [1.807, 2.05) is 0 Å². The van der Waals surface area contributed by atoms with Gasteiger partial charge in [0.05, 0.1) is 0 Å². The molecule has 1 aliphatic rings. The number of phosphoric acid groups is 1. The van der Waals surface area contributed by atoms with Gasteiger partial charge in [-0.2, -0.15) is 0 Å². The lowest BCUT2D eigenvalue weighted by Crippen LogP contribution is -2.43. The average molecular weight is 212 g/mol. The summed E-state index contributed by atoms with van der Waals surface area (Å²) in [5.74, 6) is 0. The number of hydrogen-bond donors (Lipinski definition) is 5. The van der Waals surface area contributed by atoms with Gasteiger partial charge in [-0.15, -0.1) is 0 Å². The molecule has 2 unspecified atom stereocenters. The predicted octanol–water partition coefficient (Wildman–Crippen LogP) is -0.714. The Hall–Kier alpha value is 0.0300. The molecule has 2 atom stereocenters. The number of nitrogens with two attached hydrogens (primary N) is 2. The molecule has 1 rings (SSSR count). The summed E-state index contributed by atoms with van der Waals surface area (Å²) in [5, 5.41) is 0. The standard InChI is InChI=1S/C6H14N2.H3O4P/c7-5-3-1-2-4-6(5)8;1-5(2,3)4/h5-6H,1-4,7-8H2;(H3,1,2,3,4). The zero-order valence-electron chi connectivity index (χ0n) is 7.33. The maximum Gasteiger partial charge on any atom is 0.466 e. The summed E-state index contributed by atoms with van der Waals surface area (Å²) >= 11 is 0. The van der Waals surface area contributed by atoms with E-state index >= 15 is 0 Å². The molecule has 0 heterocycles. The molecule has 0 radical (unpaired) electrons. The second kappa shape index (κ2) is 5.70. The van der Waals surface area contributed by atoms with E-state index in [4.69, 9.17) is 30.7 Å². The van der Waals surface area contributed by atoms with Crippen molar-refractivity contribution in [3.63, 3.8) is 0 Å². The fourth-order valence-electron chi connectivity index (χ4n) is 1.19. The van der Waals surface area contributed by atoms with Crippen LogP contribution in [0.5, 0.6) is 0 Å². The number of rotatable bonds is 0. The molecule has 13 heavy (non-hydrogen) atoms. The molecule has 1 fully saturated rings. The van der Waals surface area contributed by atoms with Gasteiger partial charge in [0.2, 0.25) is 0 Å². The van der Waals surface area contributed by atoms with Gasteiger partial charge >= 0.3 is 7.82 Å². The summed E-state index contributed by atoms with van der Waals surface area (Å²) in [7, 11) is -4.64. The molecule has 0 amide bonds. The van der Waals surface area contributed by atoms with Crippen molar-refractivity contribution in [3.8, 4) is 0 Å². The molecule has 1 aliphatic carbocycles. The Labute approximate surface area is 77.2 Å². The largest absolute Gasteiger partial charge is 0.466 e. The third kappa shape index (κ3) is 9.95. The minimum Gasteiger partial charge on any atom is -0.326 e. The SMILES string of the molecule is NC1CCCCC1N.O=P(O)(O)O. The summed E-state index contributed by atoms with van der Waals surface area (Å²) in [6, 6.07) is 0.562. The van der Waals surface area contributed by atoms with E-state index in [-0.39, 0.29) is 12.1 Å². The Morgan fingerprint density at radius 3 is 1.38 bits per heavy atom. The summed E-state index contributed by atoms with van der Waals surface area (Å²) in [6.07, 6.45) is 4.80. The van der Waals surface area contributed by atoms with Crippen LogP contribution in [0.4, 0.5) is 0 Å². The van der Waals surface area contributed by atoms with E-state index < -0.39 is 7.82 Å². The molecule has 0 saturated heterocycles. The van der Waals surface area contributed by atoms with Gasteiger partial charge in [-0.05, 0) is 12.8 Å². The Kier molecular flexibility index (Phi) is 5.71. The molecule has 0 spiro atoms. The third-order valence-corrected chi connectivity index (χ3v) is 1.87. The van der Waals surface area contributed by atoms with Crippen LogP contribution in [0.1, 0.15) is 25.7 Å². The highest BCUT2D eigenvalue weighted by Gasteiger charge is 2.16. The average Bonchev–Trinajstić information content (AvgIpc) is 1.92. The van der Waals surface area contributed by atoms with Gasteiger partial charge in [-0.3, -0.25) is 0 Å². The Balaban J connectivity index is 0.000000252. The zero-order valence-corrected chi connectivity index (χ0v) is 8.23. The summed E-state index contributed by atoms with van der Waals surface area (Å²) in [4.78, 5) is 21.6. The first-order valence-electron chi connectivity index (χ1n) is 4.10. The fourth-order valence-corrected chi connectivity index (χ4v) is 1.19. The first-order valence-corrected chi connectivity index (χ1v) is 5.66. The molecule has 0 aromatic rings. The quantitative estimate of drug-likeness (QED) is 0.337. The van der Waals surface area contributed by atoms with Crippen molar-refractivity contribution in [1.82, 2.24) is 0 Å². The highest BCUT2D eigenvalue weighted by molar-refractivity contribution is 7.45. The van der Waals surface area contributed by atoms with Crippen LogP contribution in [0, 0.1) is 0 Å². The molecule has 7 heteroatoms. The molecule has 0 aliphatic heterocycles. The van der Waals surface area contributed by atoms with E-state index in [9.17, 15) is 0 Å². The van der Waals surface area contributed by atoms with Crippen molar-refractivity contribution >= 4 is 7.82 Å². The third-order valence-electron chi connectivity index (χ3n) is 1.87. The lowest BCUT2D eigenvalue weighted by molar-refractivity contribution is 0.275. The maximum absolute atomic E-state index is 8.88. The molecular weight excluding hydrogens is 195 g/mol. The van der Waals surface area contributed by atoms with Crippen molar-refractivity contribution < 1.29 is 19.2 Å². The molecule has 7 N–H and O–H groups in total. The molecule has 1 saturated carbocycles. The molecule has 0 bridgehead atoms. The molecule has 80 valence electrons. The van der Waals surface area contributed by atoms with Gasteiger partial charge in [-0.25, -0.2) is 4.57 Å². The second-order valence-corrected chi connectivity index (χ2v) is 4.15. The minimum absolute atomic E-state index is 0.281. The predicted molar refractivity (Wildman–Crippen MR) is 48.7 cm³/mol. The Bertz CT molecular complexity index is 165. The summed E-state index contributed by atoms with van der Waals surface area (Å²) in [5.41, 5.74) is 11.3. The van der Waals surface area contributed by atoms with E-state index in [0.717, 1.165) is 12.8 Å². The summed E-state index contributed by atoms with van der Waals surface area (Å²) in [6.45, 7) is 0. The number of hydrogen-bond acceptors (Lipinski definition) is 3. The van der Waals surface area contributed by atoms with Crippen LogP contribution in [0.2, 0.25) is 0 Å². The van der Waals surface area contributed by atoms with Crippen LogP contribution < -0.4 is 11.5 Å². The highest BCUT2D eigenvalue weighted by atomic mass is 31.2. The maximum atomic E-state index is 8.88. The molecule has 0 aromatic carbocycles. The van der Waals surface area contributed by atoms with Crippen molar-refractivity contribution in [3.05, 3.63) is 0 Å². The smallest absolute Gasteiger partial charge is 0.326 e. The van der Waals surface area contributed by atoms with Crippen molar-refractivity contribution in [1.29, 1.82) is 0 Å². The topological polar surface area (TPSA) is 130 Å². The van der Waals surface area contributed by atoms with Gasteiger partial charge in [0.25, 0.3) is 0 Å². The fraction of sp³-hybridized carbons (Fsp3) is 1.00. The second-order valence-electron chi connectivity index (χ2n) is 3.13. The van der Waals surface area contributed by atoms with Gasteiger partial charge < -0.3 is 26.1 Å². The first-order chi connectivity index (χ1) is 5.80. The van der Waals surface area contributed by atoms with Crippen LogP contribution in [0.15, 0.2) is 0 Å². The molecule has 6 nitrogen and oxygen atoms in total. The van der Waals surface area contributed by atoms with E-state index in [1.54, 1.807) is 0 Å². The molecular formula is C6H17N2O4P. The van der Waals surface area contributed by atoms with Crippen LogP contribution in [-0.2, 0) is 4.57 Å².